The summed E-state index contributed by atoms with van der Waals surface area (Å²) < 4.78 is 57.3. The number of aromatic nitrogens is 1. The standard InChI is InChI=1S/C22H25N3O6S3/c1-14-7-8-18(31-2)19-20(14)32-22(23-19)24-21(26)15-9-11-25(12-10-15)34(29,30)17-6-4-5-16(13-17)33(3,27)28/h4-8,13,15H,9-12H2,1-3H3,(H,23,24,26). The van der Waals surface area contributed by atoms with Crippen molar-refractivity contribution in [3.05, 3.63) is 42.0 Å². The van der Waals surface area contributed by atoms with Gasteiger partial charge in [0.25, 0.3) is 0 Å². The van der Waals surface area contributed by atoms with E-state index in [0.717, 1.165) is 16.5 Å². The SMILES string of the molecule is COc1ccc(C)c2sc(NC(=O)C3CCN(S(=O)(=O)c4cccc(S(C)(=O)=O)c4)CC3)nc12. The van der Waals surface area contributed by atoms with E-state index in [4.69, 9.17) is 4.74 Å². The van der Waals surface area contributed by atoms with Gasteiger partial charge >= 0.3 is 0 Å². The first-order valence-electron chi connectivity index (χ1n) is 10.6. The van der Waals surface area contributed by atoms with Gasteiger partial charge < -0.3 is 10.1 Å². The summed E-state index contributed by atoms with van der Waals surface area (Å²) in [6.07, 6.45) is 1.74. The van der Waals surface area contributed by atoms with E-state index in [2.05, 4.69) is 10.3 Å². The minimum Gasteiger partial charge on any atom is -0.494 e. The van der Waals surface area contributed by atoms with Crippen molar-refractivity contribution in [2.24, 2.45) is 5.92 Å². The van der Waals surface area contributed by atoms with Crippen LogP contribution in [0.3, 0.4) is 0 Å². The summed E-state index contributed by atoms with van der Waals surface area (Å²) in [6.45, 7) is 2.29. The summed E-state index contributed by atoms with van der Waals surface area (Å²) in [6, 6.07) is 9.11. The second-order valence-electron chi connectivity index (χ2n) is 8.20. The number of hydrogen-bond donors (Lipinski definition) is 1. The van der Waals surface area contributed by atoms with Gasteiger partial charge in [0.05, 0.1) is 21.6 Å². The lowest BCUT2D eigenvalue weighted by atomic mass is 9.97. The number of nitrogens with one attached hydrogen (secondary N) is 1. The molecule has 0 atom stereocenters. The molecular formula is C22H25N3O6S3. The van der Waals surface area contributed by atoms with Crippen LogP contribution in [0.15, 0.2) is 46.2 Å². The van der Waals surface area contributed by atoms with Crippen LogP contribution in [0.4, 0.5) is 5.13 Å². The molecule has 182 valence electrons. The number of amides is 1. The Hall–Kier alpha value is -2.54. The Bertz CT molecular complexity index is 1460. The Morgan fingerprint density at radius 3 is 2.44 bits per heavy atom. The molecule has 1 aromatic heterocycles. The molecule has 0 bridgehead atoms. The summed E-state index contributed by atoms with van der Waals surface area (Å²) in [4.78, 5) is 17.2. The molecule has 0 aliphatic carbocycles. The van der Waals surface area contributed by atoms with Crippen molar-refractivity contribution in [2.75, 3.05) is 31.8 Å². The maximum atomic E-state index is 13.0. The monoisotopic (exact) mass is 523 g/mol. The molecule has 9 nitrogen and oxygen atoms in total. The smallest absolute Gasteiger partial charge is 0.243 e. The predicted octanol–water partition coefficient (Wildman–Crippen LogP) is 3.06. The zero-order valence-electron chi connectivity index (χ0n) is 18.9. The van der Waals surface area contributed by atoms with Crippen molar-refractivity contribution in [1.29, 1.82) is 0 Å². The minimum atomic E-state index is -3.87. The average molecular weight is 524 g/mol. The quantitative estimate of drug-likeness (QED) is 0.527. The fourth-order valence-corrected chi connectivity index (χ4v) is 7.12. The third-order valence-electron chi connectivity index (χ3n) is 5.85. The largest absolute Gasteiger partial charge is 0.494 e. The number of anilines is 1. The van der Waals surface area contributed by atoms with Gasteiger partial charge in [-0.2, -0.15) is 4.31 Å². The van der Waals surface area contributed by atoms with Crippen LogP contribution in [-0.4, -0.2) is 58.5 Å². The van der Waals surface area contributed by atoms with Gasteiger partial charge in [0.15, 0.2) is 15.0 Å². The van der Waals surface area contributed by atoms with Crippen LogP contribution in [0.1, 0.15) is 18.4 Å². The van der Waals surface area contributed by atoms with Crippen molar-refractivity contribution >= 4 is 52.5 Å². The van der Waals surface area contributed by atoms with Gasteiger partial charge in [-0.1, -0.05) is 23.5 Å². The lowest BCUT2D eigenvalue weighted by molar-refractivity contribution is -0.120. The Morgan fingerprint density at radius 1 is 1.12 bits per heavy atom. The Kier molecular flexibility index (Phi) is 6.69. The number of sulfonamides is 1. The number of thiazole rings is 1. The minimum absolute atomic E-state index is 0.0504. The molecule has 3 aromatic rings. The maximum absolute atomic E-state index is 13.0. The number of fused-ring (bicyclic) bond motifs is 1. The van der Waals surface area contributed by atoms with E-state index in [9.17, 15) is 21.6 Å². The molecule has 2 aromatic carbocycles. The van der Waals surface area contributed by atoms with Crippen molar-refractivity contribution in [2.45, 2.75) is 29.6 Å². The highest BCUT2D eigenvalue weighted by atomic mass is 32.2. The maximum Gasteiger partial charge on any atom is 0.243 e. The van der Waals surface area contributed by atoms with Crippen LogP contribution in [0, 0.1) is 12.8 Å². The number of ether oxygens (including phenoxy) is 1. The van der Waals surface area contributed by atoms with E-state index in [1.54, 1.807) is 7.11 Å². The first-order valence-corrected chi connectivity index (χ1v) is 14.7. The van der Waals surface area contributed by atoms with Gasteiger partial charge in [-0.05, 0) is 49.6 Å². The van der Waals surface area contributed by atoms with Gasteiger partial charge in [0, 0.05) is 25.3 Å². The molecule has 34 heavy (non-hydrogen) atoms. The van der Waals surface area contributed by atoms with Crippen molar-refractivity contribution in [3.8, 4) is 5.75 Å². The number of carbonyl (C=O) groups is 1. The molecule has 1 amide bonds. The van der Waals surface area contributed by atoms with Gasteiger partial charge in [0.2, 0.25) is 15.9 Å². The van der Waals surface area contributed by atoms with Crippen LogP contribution >= 0.6 is 11.3 Å². The van der Waals surface area contributed by atoms with Crippen molar-refractivity contribution < 1.29 is 26.4 Å². The number of aryl methyl sites for hydroxylation is 1. The van der Waals surface area contributed by atoms with E-state index in [1.807, 2.05) is 19.1 Å². The van der Waals surface area contributed by atoms with Gasteiger partial charge in [0.1, 0.15) is 11.3 Å². The highest BCUT2D eigenvalue weighted by Gasteiger charge is 2.33. The predicted molar refractivity (Wildman–Crippen MR) is 131 cm³/mol. The normalized spacial score (nSPS) is 16.0. The fraction of sp³-hybridized carbons (Fsp3) is 0.364. The highest BCUT2D eigenvalue weighted by Crippen LogP contribution is 2.35. The van der Waals surface area contributed by atoms with E-state index in [1.165, 1.54) is 39.9 Å². The second kappa shape index (κ2) is 9.25. The van der Waals surface area contributed by atoms with Crippen molar-refractivity contribution in [1.82, 2.24) is 9.29 Å². The van der Waals surface area contributed by atoms with Gasteiger partial charge in [-0.3, -0.25) is 4.79 Å². The van der Waals surface area contributed by atoms with Gasteiger partial charge in [-0.15, -0.1) is 0 Å². The molecule has 1 aliphatic heterocycles. The number of carbonyl (C=O) groups excluding carboxylic acids is 1. The zero-order valence-corrected chi connectivity index (χ0v) is 21.4. The highest BCUT2D eigenvalue weighted by molar-refractivity contribution is 7.91. The third-order valence-corrected chi connectivity index (χ3v) is 9.96. The third kappa shape index (κ3) is 4.81. The Balaban J connectivity index is 1.44. The molecule has 0 saturated carbocycles. The number of benzene rings is 2. The van der Waals surface area contributed by atoms with E-state index < -0.39 is 19.9 Å². The Morgan fingerprint density at radius 2 is 1.79 bits per heavy atom. The molecule has 2 heterocycles. The number of methoxy groups -OCH3 is 1. The number of piperidine rings is 1. The average Bonchev–Trinajstić information content (AvgIpc) is 3.23. The summed E-state index contributed by atoms with van der Waals surface area (Å²) in [7, 11) is -5.83. The molecule has 0 radical (unpaired) electrons. The molecule has 1 saturated heterocycles. The Labute approximate surface area is 202 Å². The molecule has 1 fully saturated rings. The topological polar surface area (TPSA) is 123 Å². The van der Waals surface area contributed by atoms with E-state index >= 15 is 0 Å². The molecule has 0 spiro atoms. The zero-order chi connectivity index (χ0) is 24.7. The van der Waals surface area contributed by atoms with Crippen LogP contribution < -0.4 is 10.1 Å². The fourth-order valence-electron chi connectivity index (χ4n) is 3.91. The van der Waals surface area contributed by atoms with Gasteiger partial charge in [-0.25, -0.2) is 21.8 Å². The molecule has 12 heteroatoms. The molecule has 4 rings (SSSR count). The van der Waals surface area contributed by atoms with E-state index in [-0.39, 0.29) is 34.7 Å². The lowest BCUT2D eigenvalue weighted by Gasteiger charge is -2.30. The van der Waals surface area contributed by atoms with Crippen LogP contribution in [0.5, 0.6) is 5.75 Å². The van der Waals surface area contributed by atoms with Crippen LogP contribution in [0.2, 0.25) is 0 Å². The summed E-state index contributed by atoms with van der Waals surface area (Å²) in [5, 5.41) is 3.34. The van der Waals surface area contributed by atoms with Crippen LogP contribution in [-0.2, 0) is 24.7 Å². The first-order chi connectivity index (χ1) is 16.0. The lowest BCUT2D eigenvalue weighted by Crippen LogP contribution is -2.41. The molecule has 1 aliphatic rings. The summed E-state index contributed by atoms with van der Waals surface area (Å²) >= 11 is 1.37. The first kappa shape index (κ1) is 24.6. The summed E-state index contributed by atoms with van der Waals surface area (Å²) in [5.74, 6) is 0.0754. The molecular weight excluding hydrogens is 498 g/mol. The van der Waals surface area contributed by atoms with E-state index in [0.29, 0.717) is 29.2 Å². The molecule has 1 N–H and O–H groups in total. The van der Waals surface area contributed by atoms with Crippen LogP contribution in [0.25, 0.3) is 10.2 Å². The van der Waals surface area contributed by atoms with Crippen molar-refractivity contribution in [3.63, 3.8) is 0 Å². The number of hydrogen-bond acceptors (Lipinski definition) is 8. The number of rotatable bonds is 6. The second-order valence-corrected chi connectivity index (χ2v) is 13.1. The number of sulfone groups is 1. The number of nitrogens with zero attached hydrogens (tertiary/aromatic N) is 2. The summed E-state index contributed by atoms with van der Waals surface area (Å²) in [5.41, 5.74) is 1.73. The molecule has 0 unspecified atom stereocenters.